The maximum absolute atomic E-state index is 8.20. The van der Waals surface area contributed by atoms with Gasteiger partial charge in [0.1, 0.15) is 5.84 Å². The van der Waals surface area contributed by atoms with Crippen molar-refractivity contribution in [3.05, 3.63) is 47.4 Å². The van der Waals surface area contributed by atoms with Gasteiger partial charge in [0.15, 0.2) is 12.2 Å². The van der Waals surface area contributed by atoms with Gasteiger partial charge < -0.3 is 9.73 Å². The van der Waals surface area contributed by atoms with Crippen LogP contribution in [0.15, 0.2) is 46.9 Å². The minimum Gasteiger partial charge on any atom is -0.443 e. The Morgan fingerprint density at radius 3 is 2.76 bits per heavy atom. The summed E-state index contributed by atoms with van der Waals surface area (Å²) in [5, 5.41) is 13.7. The van der Waals surface area contributed by atoms with E-state index in [1.54, 1.807) is 23.7 Å². The lowest BCUT2D eigenvalue weighted by Crippen LogP contribution is -2.46. The Kier molecular flexibility index (Phi) is 4.13. The van der Waals surface area contributed by atoms with E-state index in [0.717, 1.165) is 22.4 Å². The second kappa shape index (κ2) is 6.31. The molecule has 7 heteroatoms. The lowest BCUT2D eigenvalue weighted by molar-refractivity contribution is 0.572. The summed E-state index contributed by atoms with van der Waals surface area (Å²) in [7, 11) is 0. The monoisotopic (exact) mass is 370 g/mol. The number of nitrogens with one attached hydrogen (secondary N) is 2. The molecule has 0 saturated carbocycles. The molecule has 128 valence electrons. The summed E-state index contributed by atoms with van der Waals surface area (Å²) < 4.78 is 5.22. The Labute approximate surface area is 154 Å². The quantitative estimate of drug-likeness (QED) is 0.705. The maximum atomic E-state index is 8.20. The molecule has 25 heavy (non-hydrogen) atoms. The lowest BCUT2D eigenvalue weighted by atomic mass is 10.1. The second-order valence-electron chi connectivity index (χ2n) is 6.46. The second-order valence-corrected chi connectivity index (χ2v) is 9.04. The highest BCUT2D eigenvalue weighted by atomic mass is 32.2. The summed E-state index contributed by atoms with van der Waals surface area (Å²) in [5.74, 6) is 2.27. The third kappa shape index (κ3) is 3.21. The van der Waals surface area contributed by atoms with Crippen LogP contribution in [-0.2, 0) is 0 Å². The van der Waals surface area contributed by atoms with Crippen LogP contribution in [0.2, 0.25) is 0 Å². The Morgan fingerprint density at radius 1 is 1.16 bits per heavy atom. The molecule has 3 aromatic heterocycles. The van der Waals surface area contributed by atoms with Crippen LogP contribution >= 0.6 is 23.1 Å². The first-order valence-electron chi connectivity index (χ1n) is 7.95. The van der Waals surface area contributed by atoms with Gasteiger partial charge in [0.2, 0.25) is 0 Å². The Morgan fingerprint density at radius 2 is 2.00 bits per heavy atom. The van der Waals surface area contributed by atoms with Gasteiger partial charge in [0.05, 0.1) is 17.0 Å². The van der Waals surface area contributed by atoms with E-state index in [0.29, 0.717) is 11.6 Å². The van der Waals surface area contributed by atoms with Crippen molar-refractivity contribution in [1.29, 1.82) is 5.41 Å². The molecule has 1 fully saturated rings. The maximum Gasteiger partial charge on any atom is 0.181 e. The third-order valence-electron chi connectivity index (χ3n) is 4.28. The summed E-state index contributed by atoms with van der Waals surface area (Å²) in [6.45, 7) is 4.17. The van der Waals surface area contributed by atoms with Crippen molar-refractivity contribution >= 4 is 28.9 Å². The third-order valence-corrected chi connectivity index (χ3v) is 6.76. The van der Waals surface area contributed by atoms with E-state index in [1.807, 2.05) is 18.0 Å². The van der Waals surface area contributed by atoms with E-state index in [1.165, 1.54) is 11.3 Å². The largest absolute Gasteiger partial charge is 0.443 e. The zero-order chi connectivity index (χ0) is 17.4. The van der Waals surface area contributed by atoms with Crippen LogP contribution in [0.5, 0.6) is 0 Å². The SMILES string of the molecule is CC1(C)SCC(c2cc(-c3cncc(-c4cnco4)c3)cs2)NC1=N. The van der Waals surface area contributed by atoms with Crippen LogP contribution in [0, 0.1) is 5.41 Å². The van der Waals surface area contributed by atoms with Gasteiger partial charge in [-0.05, 0) is 36.9 Å². The van der Waals surface area contributed by atoms with Crippen molar-refractivity contribution in [2.24, 2.45) is 0 Å². The molecule has 0 bridgehead atoms. The van der Waals surface area contributed by atoms with Crippen molar-refractivity contribution in [3.8, 4) is 22.5 Å². The number of rotatable bonds is 3. The number of oxazole rings is 1. The van der Waals surface area contributed by atoms with E-state index >= 15 is 0 Å². The van der Waals surface area contributed by atoms with Gasteiger partial charge >= 0.3 is 0 Å². The molecule has 1 atom stereocenters. The zero-order valence-corrected chi connectivity index (χ0v) is 15.6. The molecule has 0 aromatic carbocycles. The van der Waals surface area contributed by atoms with Gasteiger partial charge in [0, 0.05) is 34.2 Å². The summed E-state index contributed by atoms with van der Waals surface area (Å²) in [6.07, 6.45) is 6.75. The standard InChI is InChI=1S/C18H18N4OS2/c1-18(2)17(19)22-14(9-25-18)16-4-13(8-24-16)11-3-12(6-20-5-11)15-7-21-10-23-15/h3-8,10,14H,9H2,1-2H3,(H2,19,22). The van der Waals surface area contributed by atoms with Crippen LogP contribution in [0.25, 0.3) is 22.5 Å². The fourth-order valence-corrected chi connectivity index (χ4v) is 4.81. The van der Waals surface area contributed by atoms with Gasteiger partial charge in [-0.3, -0.25) is 10.4 Å². The molecule has 4 rings (SSSR count). The molecule has 1 unspecified atom stereocenters. The highest BCUT2D eigenvalue weighted by Gasteiger charge is 2.33. The molecule has 3 aromatic rings. The average Bonchev–Trinajstić information content (AvgIpc) is 3.29. The topological polar surface area (TPSA) is 74.8 Å². The van der Waals surface area contributed by atoms with Crippen molar-refractivity contribution in [1.82, 2.24) is 15.3 Å². The van der Waals surface area contributed by atoms with E-state index in [9.17, 15) is 0 Å². The predicted molar refractivity (Wildman–Crippen MR) is 103 cm³/mol. The van der Waals surface area contributed by atoms with Crippen molar-refractivity contribution < 1.29 is 4.42 Å². The van der Waals surface area contributed by atoms with Gasteiger partial charge in [-0.2, -0.15) is 0 Å². The van der Waals surface area contributed by atoms with Gasteiger partial charge in [0.25, 0.3) is 0 Å². The van der Waals surface area contributed by atoms with Crippen LogP contribution < -0.4 is 5.32 Å². The molecular weight excluding hydrogens is 352 g/mol. The minimum atomic E-state index is -0.133. The molecular formula is C18H18N4OS2. The molecule has 0 radical (unpaired) electrons. The summed E-state index contributed by atoms with van der Waals surface area (Å²) >= 11 is 3.55. The highest BCUT2D eigenvalue weighted by Crippen LogP contribution is 2.38. The van der Waals surface area contributed by atoms with Crippen LogP contribution in [-0.4, -0.2) is 26.3 Å². The first-order chi connectivity index (χ1) is 12.0. The molecule has 1 aliphatic heterocycles. The fraction of sp³-hybridized carbons (Fsp3) is 0.278. The first-order valence-corrected chi connectivity index (χ1v) is 9.82. The normalized spacial score (nSPS) is 19.6. The van der Waals surface area contributed by atoms with Crippen molar-refractivity contribution in [2.75, 3.05) is 5.75 Å². The Bertz CT molecular complexity index is 901. The van der Waals surface area contributed by atoms with Crippen molar-refractivity contribution in [3.63, 3.8) is 0 Å². The number of amidine groups is 1. The Balaban J connectivity index is 1.58. The van der Waals surface area contributed by atoms with Gasteiger partial charge in [-0.1, -0.05) is 0 Å². The number of thiophene rings is 1. The molecule has 1 saturated heterocycles. The highest BCUT2D eigenvalue weighted by molar-refractivity contribution is 8.01. The van der Waals surface area contributed by atoms with Gasteiger partial charge in [-0.25, -0.2) is 4.98 Å². The number of hydrogen-bond donors (Lipinski definition) is 2. The smallest absolute Gasteiger partial charge is 0.181 e. The van der Waals surface area contributed by atoms with E-state index in [4.69, 9.17) is 9.83 Å². The number of nitrogens with zero attached hydrogens (tertiary/aromatic N) is 2. The average molecular weight is 371 g/mol. The number of pyridine rings is 1. The van der Waals surface area contributed by atoms with Gasteiger partial charge in [-0.15, -0.1) is 23.1 Å². The number of thioether (sulfide) groups is 1. The van der Waals surface area contributed by atoms with Crippen molar-refractivity contribution in [2.45, 2.75) is 24.6 Å². The predicted octanol–water partition coefficient (Wildman–Crippen LogP) is 4.60. The lowest BCUT2D eigenvalue weighted by Gasteiger charge is -2.35. The van der Waals surface area contributed by atoms with E-state index < -0.39 is 0 Å². The molecule has 4 heterocycles. The van der Waals surface area contributed by atoms with Crippen LogP contribution in [0.1, 0.15) is 24.8 Å². The van der Waals surface area contributed by atoms with Crippen LogP contribution in [0.4, 0.5) is 0 Å². The number of hydrogen-bond acceptors (Lipinski definition) is 6. The van der Waals surface area contributed by atoms with E-state index in [2.05, 4.69) is 46.6 Å². The summed E-state index contributed by atoms with van der Waals surface area (Å²) in [6, 6.07) is 4.44. The van der Waals surface area contributed by atoms with Crippen LogP contribution in [0.3, 0.4) is 0 Å². The Hall–Kier alpha value is -2.12. The zero-order valence-electron chi connectivity index (χ0n) is 13.9. The molecule has 2 N–H and O–H groups in total. The molecule has 0 spiro atoms. The summed E-state index contributed by atoms with van der Waals surface area (Å²) in [4.78, 5) is 9.54. The first kappa shape index (κ1) is 16.4. The fourth-order valence-electron chi connectivity index (χ4n) is 2.68. The molecule has 1 aliphatic rings. The minimum absolute atomic E-state index is 0.133. The van der Waals surface area contributed by atoms with E-state index in [-0.39, 0.29) is 10.8 Å². The molecule has 5 nitrogen and oxygen atoms in total. The summed E-state index contributed by atoms with van der Waals surface area (Å²) in [5.41, 5.74) is 3.10. The molecule has 0 aliphatic carbocycles. The number of aromatic nitrogens is 2. The molecule has 0 amide bonds.